The molecule has 1 aliphatic carbocycles. The molecule has 0 amide bonds. The fourth-order valence-electron chi connectivity index (χ4n) is 4.13. The molecular formula is C17H33NO. The number of nitrogens with zero attached hydrogens (tertiary/aromatic N) is 1. The molecule has 1 aliphatic heterocycles. The average Bonchev–Trinajstić information content (AvgIpc) is 2.45. The van der Waals surface area contributed by atoms with Crippen molar-refractivity contribution in [3.8, 4) is 0 Å². The maximum atomic E-state index is 10.4. The van der Waals surface area contributed by atoms with Crippen molar-refractivity contribution < 1.29 is 5.11 Å². The minimum absolute atomic E-state index is 0.0741. The van der Waals surface area contributed by atoms with Crippen LogP contribution < -0.4 is 0 Å². The van der Waals surface area contributed by atoms with E-state index in [0.29, 0.717) is 23.2 Å². The molecule has 112 valence electrons. The van der Waals surface area contributed by atoms with Crippen LogP contribution in [0.2, 0.25) is 0 Å². The van der Waals surface area contributed by atoms with E-state index in [1.165, 1.54) is 38.8 Å². The first-order chi connectivity index (χ1) is 8.87. The predicted octanol–water partition coefficient (Wildman–Crippen LogP) is 3.54. The van der Waals surface area contributed by atoms with Crippen molar-refractivity contribution in [2.45, 2.75) is 65.9 Å². The molecule has 0 aromatic carbocycles. The zero-order valence-corrected chi connectivity index (χ0v) is 13.4. The van der Waals surface area contributed by atoms with Crippen LogP contribution in [0.5, 0.6) is 0 Å². The fourth-order valence-corrected chi connectivity index (χ4v) is 4.13. The average molecular weight is 267 g/mol. The van der Waals surface area contributed by atoms with E-state index < -0.39 is 0 Å². The van der Waals surface area contributed by atoms with E-state index in [1.807, 2.05) is 0 Å². The minimum atomic E-state index is -0.0741. The minimum Gasteiger partial charge on any atom is -0.393 e. The number of rotatable bonds is 2. The molecule has 0 bridgehead atoms. The summed E-state index contributed by atoms with van der Waals surface area (Å²) in [5, 5.41) is 10.4. The summed E-state index contributed by atoms with van der Waals surface area (Å²) < 4.78 is 0. The number of likely N-dealkylation sites (tertiary alicyclic amines) is 1. The van der Waals surface area contributed by atoms with Crippen LogP contribution >= 0.6 is 0 Å². The monoisotopic (exact) mass is 267 g/mol. The molecule has 1 saturated heterocycles. The van der Waals surface area contributed by atoms with E-state index in [1.54, 1.807) is 0 Å². The zero-order chi connectivity index (χ0) is 14.0. The second-order valence-corrected chi connectivity index (χ2v) is 8.10. The molecule has 2 heteroatoms. The highest BCUT2D eigenvalue weighted by Crippen LogP contribution is 2.35. The van der Waals surface area contributed by atoms with Gasteiger partial charge in [0.2, 0.25) is 0 Å². The molecule has 4 unspecified atom stereocenters. The molecule has 2 fully saturated rings. The van der Waals surface area contributed by atoms with Gasteiger partial charge in [0.1, 0.15) is 0 Å². The van der Waals surface area contributed by atoms with Crippen LogP contribution in [0.3, 0.4) is 0 Å². The van der Waals surface area contributed by atoms with Gasteiger partial charge in [0.05, 0.1) is 6.10 Å². The SMILES string of the molecule is CC1CC(C)C(CN2CCCC(C)(C)CC2)C(O)C1. The molecule has 4 atom stereocenters. The van der Waals surface area contributed by atoms with Gasteiger partial charge in [-0.15, -0.1) is 0 Å². The van der Waals surface area contributed by atoms with Gasteiger partial charge in [-0.1, -0.05) is 27.7 Å². The molecule has 19 heavy (non-hydrogen) atoms. The van der Waals surface area contributed by atoms with Gasteiger partial charge in [-0.2, -0.15) is 0 Å². The molecule has 2 nitrogen and oxygen atoms in total. The van der Waals surface area contributed by atoms with Gasteiger partial charge in [-0.05, 0) is 62.4 Å². The van der Waals surface area contributed by atoms with E-state index in [-0.39, 0.29) is 6.10 Å². The van der Waals surface area contributed by atoms with Crippen molar-refractivity contribution in [3.63, 3.8) is 0 Å². The number of hydrogen-bond acceptors (Lipinski definition) is 2. The number of aliphatic hydroxyl groups excluding tert-OH is 1. The molecule has 0 spiro atoms. The van der Waals surface area contributed by atoms with Crippen LogP contribution in [0, 0.1) is 23.2 Å². The Kier molecular flexibility index (Phi) is 4.94. The molecule has 2 aliphatic rings. The first-order valence-corrected chi connectivity index (χ1v) is 8.28. The summed E-state index contributed by atoms with van der Waals surface area (Å²) in [5.74, 6) is 1.87. The highest BCUT2D eigenvalue weighted by Gasteiger charge is 2.34. The third-order valence-electron chi connectivity index (χ3n) is 5.54. The Labute approximate surface area is 119 Å². The van der Waals surface area contributed by atoms with E-state index in [9.17, 15) is 5.11 Å². The third kappa shape index (κ3) is 4.19. The van der Waals surface area contributed by atoms with Crippen LogP contribution in [0.1, 0.15) is 59.8 Å². The van der Waals surface area contributed by atoms with E-state index in [0.717, 1.165) is 13.0 Å². The summed E-state index contributed by atoms with van der Waals surface area (Å²) in [6.07, 6.45) is 6.20. The first-order valence-electron chi connectivity index (χ1n) is 8.28. The van der Waals surface area contributed by atoms with Gasteiger partial charge in [0.25, 0.3) is 0 Å². The Morgan fingerprint density at radius 3 is 2.53 bits per heavy atom. The Morgan fingerprint density at radius 2 is 1.84 bits per heavy atom. The maximum absolute atomic E-state index is 10.4. The number of hydrogen-bond donors (Lipinski definition) is 1. The normalized spacial score (nSPS) is 40.9. The fraction of sp³-hybridized carbons (Fsp3) is 1.00. The smallest absolute Gasteiger partial charge is 0.0585 e. The Bertz CT molecular complexity index is 277. The standard InChI is InChI=1S/C17H33NO/c1-13-10-14(2)15(16(19)11-13)12-18-8-5-6-17(3,4)7-9-18/h13-16,19H,5-12H2,1-4H3. The number of aliphatic hydroxyl groups is 1. The van der Waals surface area contributed by atoms with Gasteiger partial charge in [0, 0.05) is 12.5 Å². The largest absolute Gasteiger partial charge is 0.393 e. The Hall–Kier alpha value is -0.0800. The maximum Gasteiger partial charge on any atom is 0.0585 e. The molecule has 1 heterocycles. The van der Waals surface area contributed by atoms with Crippen molar-refractivity contribution in [1.29, 1.82) is 0 Å². The van der Waals surface area contributed by atoms with Crippen LogP contribution in [0.15, 0.2) is 0 Å². The van der Waals surface area contributed by atoms with Crippen molar-refractivity contribution in [1.82, 2.24) is 4.90 Å². The Balaban J connectivity index is 1.89. The van der Waals surface area contributed by atoms with Gasteiger partial charge in [-0.25, -0.2) is 0 Å². The lowest BCUT2D eigenvalue weighted by Gasteiger charge is -2.39. The third-order valence-corrected chi connectivity index (χ3v) is 5.54. The van der Waals surface area contributed by atoms with Crippen molar-refractivity contribution >= 4 is 0 Å². The van der Waals surface area contributed by atoms with Crippen molar-refractivity contribution in [2.24, 2.45) is 23.2 Å². The zero-order valence-electron chi connectivity index (χ0n) is 13.4. The molecule has 1 N–H and O–H groups in total. The van der Waals surface area contributed by atoms with Crippen molar-refractivity contribution in [2.75, 3.05) is 19.6 Å². The lowest BCUT2D eigenvalue weighted by atomic mass is 9.73. The summed E-state index contributed by atoms with van der Waals surface area (Å²) in [6, 6.07) is 0. The summed E-state index contributed by atoms with van der Waals surface area (Å²) in [7, 11) is 0. The molecule has 0 aromatic heterocycles. The lowest BCUT2D eigenvalue weighted by Crippen LogP contribution is -2.43. The van der Waals surface area contributed by atoms with Gasteiger partial charge >= 0.3 is 0 Å². The molecule has 2 rings (SSSR count). The van der Waals surface area contributed by atoms with Crippen LogP contribution in [-0.4, -0.2) is 35.7 Å². The Morgan fingerprint density at radius 1 is 1.11 bits per heavy atom. The summed E-state index contributed by atoms with van der Waals surface area (Å²) >= 11 is 0. The van der Waals surface area contributed by atoms with Crippen molar-refractivity contribution in [3.05, 3.63) is 0 Å². The highest BCUT2D eigenvalue weighted by atomic mass is 16.3. The van der Waals surface area contributed by atoms with Gasteiger partial charge in [0.15, 0.2) is 0 Å². The quantitative estimate of drug-likeness (QED) is 0.827. The lowest BCUT2D eigenvalue weighted by molar-refractivity contribution is -0.00182. The summed E-state index contributed by atoms with van der Waals surface area (Å²) in [5.41, 5.74) is 0.514. The van der Waals surface area contributed by atoms with E-state index >= 15 is 0 Å². The van der Waals surface area contributed by atoms with Gasteiger partial charge in [-0.3, -0.25) is 0 Å². The van der Waals surface area contributed by atoms with E-state index in [4.69, 9.17) is 0 Å². The topological polar surface area (TPSA) is 23.5 Å². The second kappa shape index (κ2) is 6.13. The second-order valence-electron chi connectivity index (χ2n) is 8.10. The van der Waals surface area contributed by atoms with E-state index in [2.05, 4.69) is 32.6 Å². The van der Waals surface area contributed by atoms with Crippen LogP contribution in [-0.2, 0) is 0 Å². The molecule has 0 radical (unpaired) electrons. The highest BCUT2D eigenvalue weighted by molar-refractivity contribution is 4.86. The summed E-state index contributed by atoms with van der Waals surface area (Å²) in [4.78, 5) is 2.62. The predicted molar refractivity (Wildman–Crippen MR) is 81.1 cm³/mol. The first kappa shape index (κ1) is 15.3. The van der Waals surface area contributed by atoms with Crippen LogP contribution in [0.4, 0.5) is 0 Å². The molecular weight excluding hydrogens is 234 g/mol. The van der Waals surface area contributed by atoms with Gasteiger partial charge < -0.3 is 10.0 Å². The molecule has 0 aromatic rings. The van der Waals surface area contributed by atoms with Crippen LogP contribution in [0.25, 0.3) is 0 Å². The molecule has 1 saturated carbocycles. The summed E-state index contributed by atoms with van der Waals surface area (Å²) in [6.45, 7) is 13.0.